The predicted molar refractivity (Wildman–Crippen MR) is 82.1 cm³/mol. The van der Waals surface area contributed by atoms with Crippen LogP contribution in [0, 0.1) is 12.7 Å². The van der Waals surface area contributed by atoms with Crippen molar-refractivity contribution in [2.24, 2.45) is 0 Å². The van der Waals surface area contributed by atoms with Gasteiger partial charge in [-0.15, -0.1) is 0 Å². The van der Waals surface area contributed by atoms with Crippen molar-refractivity contribution in [3.05, 3.63) is 47.5 Å². The number of hydrogen-bond donors (Lipinski definition) is 2. The van der Waals surface area contributed by atoms with E-state index in [-0.39, 0.29) is 17.8 Å². The summed E-state index contributed by atoms with van der Waals surface area (Å²) in [6.45, 7) is 4.82. The summed E-state index contributed by atoms with van der Waals surface area (Å²) in [7, 11) is 0. The van der Waals surface area contributed by atoms with Gasteiger partial charge in [0.2, 0.25) is 0 Å². The van der Waals surface area contributed by atoms with Crippen LogP contribution in [0.4, 0.5) is 4.39 Å². The number of nitrogens with zero attached hydrogens (tertiary/aromatic N) is 2. The summed E-state index contributed by atoms with van der Waals surface area (Å²) in [5.41, 5.74) is 0.0780. The topological polar surface area (TPSA) is 84.2 Å². The number of aliphatic carboxylic acids is 1. The highest BCUT2D eigenvalue weighted by Gasteiger charge is 2.33. The van der Waals surface area contributed by atoms with E-state index in [4.69, 9.17) is 0 Å². The molecule has 1 amide bonds. The lowest BCUT2D eigenvalue weighted by atomic mass is 9.98. The third-order valence-corrected chi connectivity index (χ3v) is 3.89. The number of benzene rings is 1. The van der Waals surface area contributed by atoms with Gasteiger partial charge in [0.25, 0.3) is 5.91 Å². The molecule has 0 radical (unpaired) electrons. The number of carbonyl (C=O) groups is 2. The van der Waals surface area contributed by atoms with Gasteiger partial charge in [-0.2, -0.15) is 5.10 Å². The van der Waals surface area contributed by atoms with Crippen molar-refractivity contribution in [2.45, 2.75) is 32.7 Å². The normalized spacial score (nSPS) is 13.4. The fourth-order valence-corrected chi connectivity index (χ4v) is 2.09. The number of aromatic nitrogens is 2. The molecule has 1 atom stereocenters. The molecule has 0 aliphatic rings. The van der Waals surface area contributed by atoms with Gasteiger partial charge in [0, 0.05) is 0 Å². The minimum atomic E-state index is -1.35. The molecule has 1 aromatic heterocycles. The maximum Gasteiger partial charge on any atom is 0.329 e. The first-order valence-corrected chi connectivity index (χ1v) is 7.15. The first-order valence-electron chi connectivity index (χ1n) is 7.15. The Morgan fingerprint density at radius 2 is 1.96 bits per heavy atom. The molecule has 1 heterocycles. The van der Waals surface area contributed by atoms with Gasteiger partial charge in [-0.3, -0.25) is 4.79 Å². The molecular formula is C16H18FN3O3. The number of amides is 1. The van der Waals surface area contributed by atoms with E-state index in [0.29, 0.717) is 11.4 Å². The van der Waals surface area contributed by atoms with Crippen molar-refractivity contribution in [1.29, 1.82) is 0 Å². The second kappa shape index (κ2) is 6.20. The summed E-state index contributed by atoms with van der Waals surface area (Å²) in [5, 5.41) is 15.9. The van der Waals surface area contributed by atoms with E-state index in [1.54, 1.807) is 26.0 Å². The fraction of sp³-hybridized carbons (Fsp3) is 0.312. The van der Waals surface area contributed by atoms with Crippen molar-refractivity contribution >= 4 is 11.9 Å². The van der Waals surface area contributed by atoms with Crippen LogP contribution in [0.2, 0.25) is 0 Å². The van der Waals surface area contributed by atoms with E-state index in [0.717, 1.165) is 0 Å². The van der Waals surface area contributed by atoms with Gasteiger partial charge in [0.05, 0.1) is 23.1 Å². The Kier molecular flexibility index (Phi) is 4.49. The van der Waals surface area contributed by atoms with Crippen molar-refractivity contribution in [1.82, 2.24) is 15.1 Å². The molecule has 0 saturated heterocycles. The van der Waals surface area contributed by atoms with Crippen LogP contribution >= 0.6 is 0 Å². The predicted octanol–water partition coefficient (Wildman–Crippen LogP) is 2.30. The number of halogens is 1. The molecule has 2 N–H and O–H groups in total. The Bertz CT molecular complexity index is 740. The van der Waals surface area contributed by atoms with E-state index in [1.807, 2.05) is 0 Å². The van der Waals surface area contributed by atoms with Crippen molar-refractivity contribution < 1.29 is 19.1 Å². The van der Waals surface area contributed by atoms with Crippen LogP contribution in [0.25, 0.3) is 5.69 Å². The first kappa shape index (κ1) is 16.7. The van der Waals surface area contributed by atoms with Crippen LogP contribution in [0.1, 0.15) is 36.3 Å². The standard InChI is InChI=1S/C16H18FN3O3/c1-4-16(3,15(22)23)19-14(21)13-9-18-20(10(13)2)12-7-5-11(17)6-8-12/h5-9H,4H2,1-3H3,(H,19,21)(H,22,23). The zero-order chi connectivity index (χ0) is 17.2. The maximum absolute atomic E-state index is 13.0. The Morgan fingerprint density at radius 1 is 1.35 bits per heavy atom. The van der Waals surface area contributed by atoms with Gasteiger partial charge in [-0.25, -0.2) is 13.9 Å². The summed E-state index contributed by atoms with van der Waals surface area (Å²) in [6.07, 6.45) is 1.62. The van der Waals surface area contributed by atoms with Crippen molar-refractivity contribution in [3.63, 3.8) is 0 Å². The number of carboxylic acids is 1. The molecule has 7 heteroatoms. The Balaban J connectivity index is 2.30. The number of rotatable bonds is 5. The van der Waals surface area contributed by atoms with Crippen LogP contribution in [-0.2, 0) is 4.79 Å². The molecule has 1 unspecified atom stereocenters. The zero-order valence-electron chi connectivity index (χ0n) is 13.1. The van der Waals surface area contributed by atoms with E-state index in [2.05, 4.69) is 10.4 Å². The third-order valence-electron chi connectivity index (χ3n) is 3.89. The molecule has 0 bridgehead atoms. The molecule has 6 nitrogen and oxygen atoms in total. The van der Waals surface area contributed by atoms with Gasteiger partial charge in [-0.1, -0.05) is 6.92 Å². The van der Waals surface area contributed by atoms with E-state index < -0.39 is 17.4 Å². The second-order valence-electron chi connectivity index (χ2n) is 5.48. The Hall–Kier alpha value is -2.70. The van der Waals surface area contributed by atoms with Gasteiger partial charge in [-0.05, 0) is 44.5 Å². The highest BCUT2D eigenvalue weighted by molar-refractivity contribution is 5.98. The maximum atomic E-state index is 13.0. The van der Waals surface area contributed by atoms with Gasteiger partial charge >= 0.3 is 5.97 Å². The van der Waals surface area contributed by atoms with Gasteiger partial charge < -0.3 is 10.4 Å². The van der Waals surface area contributed by atoms with Crippen LogP contribution in [0.15, 0.2) is 30.5 Å². The molecule has 122 valence electrons. The molecule has 2 aromatic rings. The van der Waals surface area contributed by atoms with Crippen LogP contribution in [0.5, 0.6) is 0 Å². The minimum absolute atomic E-state index is 0.249. The lowest BCUT2D eigenvalue weighted by molar-refractivity contribution is -0.143. The monoisotopic (exact) mass is 319 g/mol. The SMILES string of the molecule is CCC(C)(NC(=O)c1cnn(-c2ccc(F)cc2)c1C)C(=O)O. The van der Waals surface area contributed by atoms with Crippen molar-refractivity contribution in [2.75, 3.05) is 0 Å². The third kappa shape index (κ3) is 3.23. The number of hydrogen-bond acceptors (Lipinski definition) is 3. The Morgan fingerprint density at radius 3 is 2.48 bits per heavy atom. The first-order chi connectivity index (χ1) is 10.8. The molecular weight excluding hydrogens is 301 g/mol. The summed E-state index contributed by atoms with van der Waals surface area (Å²) in [5.74, 6) is -1.98. The molecule has 2 rings (SSSR count). The van der Waals surface area contributed by atoms with E-state index in [9.17, 15) is 19.1 Å². The van der Waals surface area contributed by atoms with Gasteiger partial charge in [0.15, 0.2) is 0 Å². The van der Waals surface area contributed by atoms with Crippen LogP contribution in [-0.4, -0.2) is 32.3 Å². The molecule has 0 saturated carbocycles. The summed E-state index contributed by atoms with van der Waals surface area (Å²) in [6, 6.07) is 5.69. The Labute approximate surface area is 132 Å². The highest BCUT2D eigenvalue weighted by atomic mass is 19.1. The smallest absolute Gasteiger partial charge is 0.329 e. The minimum Gasteiger partial charge on any atom is -0.480 e. The quantitative estimate of drug-likeness (QED) is 0.885. The summed E-state index contributed by atoms with van der Waals surface area (Å²) >= 11 is 0. The number of carbonyl (C=O) groups excluding carboxylic acids is 1. The van der Waals surface area contributed by atoms with E-state index >= 15 is 0 Å². The molecule has 23 heavy (non-hydrogen) atoms. The van der Waals surface area contributed by atoms with Crippen LogP contribution in [0.3, 0.4) is 0 Å². The van der Waals surface area contributed by atoms with Crippen LogP contribution < -0.4 is 5.32 Å². The van der Waals surface area contributed by atoms with E-state index in [1.165, 1.54) is 29.9 Å². The molecule has 0 fully saturated rings. The zero-order valence-corrected chi connectivity index (χ0v) is 13.1. The molecule has 0 aliphatic carbocycles. The highest BCUT2D eigenvalue weighted by Crippen LogP contribution is 2.17. The lowest BCUT2D eigenvalue weighted by Crippen LogP contribution is -2.51. The molecule has 0 spiro atoms. The fourth-order valence-electron chi connectivity index (χ4n) is 2.09. The second-order valence-corrected chi connectivity index (χ2v) is 5.48. The number of carboxylic acid groups (broad SMARTS) is 1. The van der Waals surface area contributed by atoms with Gasteiger partial charge in [0.1, 0.15) is 11.4 Å². The largest absolute Gasteiger partial charge is 0.480 e. The molecule has 1 aromatic carbocycles. The molecule has 0 aliphatic heterocycles. The lowest BCUT2D eigenvalue weighted by Gasteiger charge is -2.24. The number of nitrogens with one attached hydrogen (secondary N) is 1. The average molecular weight is 319 g/mol. The summed E-state index contributed by atoms with van der Waals surface area (Å²) < 4.78 is 14.5. The van der Waals surface area contributed by atoms with Crippen molar-refractivity contribution in [3.8, 4) is 5.69 Å². The summed E-state index contributed by atoms with van der Waals surface area (Å²) in [4.78, 5) is 23.6. The average Bonchev–Trinajstić information content (AvgIpc) is 2.89.